The largest absolute Gasteiger partial charge is 0.320 e. The molecular formula is C8H9N5O3S. The van der Waals surface area contributed by atoms with E-state index < -0.39 is 10.8 Å². The highest BCUT2D eigenvalue weighted by atomic mass is 32.2. The standard InChI is InChI=1S/C8H9N5O3S/c1-12-4-5(13(15)16)6(11-12)7(14)10-8-9-2-3-17-8/h4H,2-3H2,1H3,(H,9,10,14). The minimum atomic E-state index is -0.633. The molecule has 0 radical (unpaired) electrons. The summed E-state index contributed by atoms with van der Waals surface area (Å²) in [5.41, 5.74) is -0.513. The average molecular weight is 255 g/mol. The average Bonchev–Trinajstić information content (AvgIpc) is 2.86. The molecule has 0 bridgehead atoms. The summed E-state index contributed by atoms with van der Waals surface area (Å²) in [6.45, 7) is 0.643. The molecule has 0 saturated heterocycles. The Kier molecular flexibility index (Phi) is 3.09. The number of nitrogens with one attached hydrogen (secondary N) is 1. The topological polar surface area (TPSA) is 102 Å². The van der Waals surface area contributed by atoms with Crippen LogP contribution in [-0.2, 0) is 7.05 Å². The molecule has 9 heteroatoms. The first-order valence-electron chi connectivity index (χ1n) is 4.74. The molecule has 2 rings (SSSR count). The van der Waals surface area contributed by atoms with E-state index >= 15 is 0 Å². The number of nitrogens with zero attached hydrogens (tertiary/aromatic N) is 4. The van der Waals surface area contributed by atoms with Gasteiger partial charge in [0.1, 0.15) is 6.20 Å². The molecule has 1 aliphatic heterocycles. The first-order valence-corrected chi connectivity index (χ1v) is 5.73. The smallest absolute Gasteiger partial charge is 0.300 e. The summed E-state index contributed by atoms with van der Waals surface area (Å²) in [7, 11) is 1.52. The van der Waals surface area contributed by atoms with Gasteiger partial charge in [-0.25, -0.2) is 0 Å². The third-order valence-electron chi connectivity index (χ3n) is 2.03. The van der Waals surface area contributed by atoms with Crippen molar-refractivity contribution in [3.8, 4) is 0 Å². The number of aryl methyl sites for hydroxylation is 1. The highest BCUT2D eigenvalue weighted by Gasteiger charge is 2.26. The fourth-order valence-corrected chi connectivity index (χ4v) is 2.06. The molecule has 0 aliphatic carbocycles. The molecule has 0 unspecified atom stereocenters. The van der Waals surface area contributed by atoms with E-state index in [9.17, 15) is 14.9 Å². The lowest BCUT2D eigenvalue weighted by Gasteiger charge is -2.00. The van der Waals surface area contributed by atoms with Crippen molar-refractivity contribution in [3.63, 3.8) is 0 Å². The SMILES string of the molecule is Cn1cc([N+](=O)[O-])c(C(=O)NC2=NCCS2)n1. The van der Waals surface area contributed by atoms with Crippen LogP contribution in [0, 0.1) is 10.1 Å². The van der Waals surface area contributed by atoms with Gasteiger partial charge in [-0.1, -0.05) is 11.8 Å². The zero-order chi connectivity index (χ0) is 12.4. The van der Waals surface area contributed by atoms with Gasteiger partial charge in [-0.3, -0.25) is 29.9 Å². The van der Waals surface area contributed by atoms with Crippen molar-refractivity contribution in [1.29, 1.82) is 0 Å². The van der Waals surface area contributed by atoms with E-state index in [1.165, 1.54) is 29.7 Å². The van der Waals surface area contributed by atoms with Gasteiger partial charge in [0.2, 0.25) is 5.69 Å². The highest BCUT2D eigenvalue weighted by Crippen LogP contribution is 2.17. The predicted molar refractivity (Wildman–Crippen MR) is 62.1 cm³/mol. The van der Waals surface area contributed by atoms with Gasteiger partial charge in [-0.05, 0) is 0 Å². The first kappa shape index (κ1) is 11.6. The van der Waals surface area contributed by atoms with E-state index in [-0.39, 0.29) is 11.4 Å². The molecule has 90 valence electrons. The lowest BCUT2D eigenvalue weighted by Crippen LogP contribution is -2.28. The van der Waals surface area contributed by atoms with Gasteiger partial charge in [0.05, 0.1) is 11.5 Å². The van der Waals surface area contributed by atoms with Gasteiger partial charge in [-0.15, -0.1) is 0 Å². The van der Waals surface area contributed by atoms with E-state index in [0.29, 0.717) is 11.7 Å². The molecule has 0 saturated carbocycles. The Morgan fingerprint density at radius 3 is 3.06 bits per heavy atom. The van der Waals surface area contributed by atoms with Gasteiger partial charge in [0.25, 0.3) is 5.91 Å². The van der Waals surface area contributed by atoms with Crippen LogP contribution < -0.4 is 5.32 Å². The number of hydrogen-bond acceptors (Lipinski definition) is 6. The van der Waals surface area contributed by atoms with Crippen LogP contribution >= 0.6 is 11.8 Å². The summed E-state index contributed by atoms with van der Waals surface area (Å²) < 4.78 is 1.23. The summed E-state index contributed by atoms with van der Waals surface area (Å²) in [6, 6.07) is 0. The van der Waals surface area contributed by atoms with E-state index in [1.54, 1.807) is 0 Å². The van der Waals surface area contributed by atoms with Crippen molar-refractivity contribution in [3.05, 3.63) is 22.0 Å². The molecule has 0 fully saturated rings. The molecule has 2 heterocycles. The fourth-order valence-electron chi connectivity index (χ4n) is 1.34. The summed E-state index contributed by atoms with van der Waals surface area (Å²) in [6.07, 6.45) is 1.19. The van der Waals surface area contributed by atoms with Crippen molar-refractivity contribution in [2.75, 3.05) is 12.3 Å². The van der Waals surface area contributed by atoms with Crippen LogP contribution in [0.15, 0.2) is 11.2 Å². The van der Waals surface area contributed by atoms with Crippen LogP contribution in [0.5, 0.6) is 0 Å². The molecule has 1 aliphatic rings. The molecule has 0 atom stereocenters. The molecule has 0 spiro atoms. The second kappa shape index (κ2) is 4.53. The second-order valence-corrected chi connectivity index (χ2v) is 4.37. The van der Waals surface area contributed by atoms with Crippen molar-refractivity contribution in [2.45, 2.75) is 0 Å². The maximum Gasteiger partial charge on any atom is 0.320 e. The van der Waals surface area contributed by atoms with Crippen LogP contribution in [-0.4, -0.2) is 38.1 Å². The molecule has 1 aromatic rings. The second-order valence-electron chi connectivity index (χ2n) is 3.28. The van der Waals surface area contributed by atoms with Gasteiger partial charge >= 0.3 is 5.69 Å². The normalized spacial score (nSPS) is 14.5. The minimum absolute atomic E-state index is 0.201. The zero-order valence-corrected chi connectivity index (χ0v) is 9.73. The Morgan fingerprint density at radius 2 is 2.47 bits per heavy atom. The summed E-state index contributed by atoms with van der Waals surface area (Å²) >= 11 is 1.40. The van der Waals surface area contributed by atoms with Crippen LogP contribution in [0.25, 0.3) is 0 Å². The fraction of sp³-hybridized carbons (Fsp3) is 0.375. The van der Waals surface area contributed by atoms with E-state index in [4.69, 9.17) is 0 Å². The lowest BCUT2D eigenvalue weighted by molar-refractivity contribution is -0.385. The van der Waals surface area contributed by atoms with Crippen LogP contribution in [0.2, 0.25) is 0 Å². The Balaban J connectivity index is 2.21. The van der Waals surface area contributed by atoms with Gasteiger partial charge in [0, 0.05) is 12.8 Å². The quantitative estimate of drug-likeness (QED) is 0.599. The number of amidine groups is 1. The number of carbonyl (C=O) groups excluding carboxylic acids is 1. The molecule has 1 aromatic heterocycles. The number of hydrogen-bond donors (Lipinski definition) is 1. The van der Waals surface area contributed by atoms with Crippen LogP contribution in [0.1, 0.15) is 10.5 Å². The monoisotopic (exact) mass is 255 g/mol. The molecule has 0 aromatic carbocycles. The summed E-state index contributed by atoms with van der Waals surface area (Å²) in [5.74, 6) is 0.199. The Hall–Kier alpha value is -1.90. The third kappa shape index (κ3) is 2.44. The van der Waals surface area contributed by atoms with Crippen molar-refractivity contribution >= 4 is 28.5 Å². The molecular weight excluding hydrogens is 246 g/mol. The Bertz CT molecular complexity index is 509. The molecule has 8 nitrogen and oxygen atoms in total. The molecule has 17 heavy (non-hydrogen) atoms. The van der Waals surface area contributed by atoms with Gasteiger partial charge < -0.3 is 0 Å². The molecule has 1 N–H and O–H groups in total. The Labute approximate surface area is 100 Å². The number of aromatic nitrogens is 2. The summed E-state index contributed by atoms with van der Waals surface area (Å²) in [4.78, 5) is 25.9. The lowest BCUT2D eigenvalue weighted by atomic mass is 10.3. The van der Waals surface area contributed by atoms with Crippen molar-refractivity contribution in [1.82, 2.24) is 15.1 Å². The summed E-state index contributed by atoms with van der Waals surface area (Å²) in [5, 5.41) is 17.5. The van der Waals surface area contributed by atoms with Crippen molar-refractivity contribution < 1.29 is 9.72 Å². The number of amides is 1. The van der Waals surface area contributed by atoms with Crippen LogP contribution in [0.3, 0.4) is 0 Å². The number of nitro groups is 1. The third-order valence-corrected chi connectivity index (χ3v) is 2.92. The molecule has 1 amide bonds. The number of thioether (sulfide) groups is 1. The maximum absolute atomic E-state index is 11.8. The van der Waals surface area contributed by atoms with E-state index in [1.807, 2.05) is 0 Å². The number of carbonyl (C=O) groups is 1. The van der Waals surface area contributed by atoms with Gasteiger partial charge in [-0.2, -0.15) is 5.10 Å². The maximum atomic E-state index is 11.8. The predicted octanol–water partition coefficient (Wildman–Crippen LogP) is 0.161. The van der Waals surface area contributed by atoms with Crippen molar-refractivity contribution in [2.24, 2.45) is 12.0 Å². The zero-order valence-electron chi connectivity index (χ0n) is 8.91. The Morgan fingerprint density at radius 1 is 1.71 bits per heavy atom. The van der Waals surface area contributed by atoms with E-state index in [0.717, 1.165) is 5.75 Å². The first-order chi connectivity index (χ1) is 8.08. The van der Waals surface area contributed by atoms with Crippen LogP contribution in [0.4, 0.5) is 5.69 Å². The number of aliphatic imine (C=N–C) groups is 1. The van der Waals surface area contributed by atoms with E-state index in [2.05, 4.69) is 15.4 Å². The highest BCUT2D eigenvalue weighted by molar-refractivity contribution is 8.14. The minimum Gasteiger partial charge on any atom is -0.300 e. The number of rotatable bonds is 2. The van der Waals surface area contributed by atoms with Gasteiger partial charge in [0.15, 0.2) is 5.17 Å².